The van der Waals surface area contributed by atoms with E-state index in [1.54, 1.807) is 0 Å². The van der Waals surface area contributed by atoms with E-state index in [1.165, 1.54) is 12.8 Å². The number of aliphatic hydroxyl groups is 1. The van der Waals surface area contributed by atoms with Crippen LogP contribution in [0.4, 0.5) is 0 Å². The Hall–Kier alpha value is -1.61. The zero-order chi connectivity index (χ0) is 11.7. The molecule has 88 valence electrons. The molecule has 3 rings (SSSR count). The second kappa shape index (κ2) is 4.34. The van der Waals surface area contributed by atoms with E-state index in [-0.39, 0.29) is 0 Å². The van der Waals surface area contributed by atoms with E-state index < -0.39 is 6.10 Å². The molecule has 0 amide bonds. The predicted molar refractivity (Wildman–Crippen MR) is 65.9 cm³/mol. The number of benzene rings is 1. The van der Waals surface area contributed by atoms with Crippen LogP contribution in [0.15, 0.2) is 42.6 Å². The molecule has 2 aromatic rings. The molecule has 0 aliphatic heterocycles. The minimum atomic E-state index is -0.410. The van der Waals surface area contributed by atoms with E-state index in [4.69, 9.17) is 0 Å². The molecule has 0 bridgehead atoms. The van der Waals surface area contributed by atoms with Gasteiger partial charge in [0.2, 0.25) is 0 Å². The summed E-state index contributed by atoms with van der Waals surface area (Å²) < 4.78 is 1.81. The molecular formula is C14H16N2O. The highest BCUT2D eigenvalue weighted by Gasteiger charge is 2.26. The molecule has 0 spiro atoms. The third-order valence-corrected chi connectivity index (χ3v) is 3.23. The van der Waals surface area contributed by atoms with Crippen LogP contribution in [0.2, 0.25) is 0 Å². The molecule has 3 heteroatoms. The van der Waals surface area contributed by atoms with Crippen LogP contribution in [0.5, 0.6) is 0 Å². The highest BCUT2D eigenvalue weighted by molar-refractivity contribution is 5.30. The van der Waals surface area contributed by atoms with E-state index >= 15 is 0 Å². The normalized spacial score (nSPS) is 17.0. The van der Waals surface area contributed by atoms with Crippen molar-refractivity contribution in [2.75, 3.05) is 0 Å². The van der Waals surface area contributed by atoms with Gasteiger partial charge in [-0.25, -0.2) is 4.68 Å². The Morgan fingerprint density at radius 3 is 2.71 bits per heavy atom. The lowest BCUT2D eigenvalue weighted by atomic mass is 10.1. The standard InChI is InChI=1S/C14H16N2O/c17-14(10-11-6-7-11)13-8-9-16(15-13)12-4-2-1-3-5-12/h1-5,8-9,11,14,17H,6-7,10H2. The van der Waals surface area contributed by atoms with Crippen molar-refractivity contribution in [3.05, 3.63) is 48.3 Å². The van der Waals surface area contributed by atoms with E-state index in [0.717, 1.165) is 17.8 Å². The zero-order valence-corrected chi connectivity index (χ0v) is 9.66. The van der Waals surface area contributed by atoms with E-state index in [1.807, 2.05) is 47.3 Å². The van der Waals surface area contributed by atoms with Gasteiger partial charge in [0, 0.05) is 6.20 Å². The molecule has 1 aromatic heterocycles. The highest BCUT2D eigenvalue weighted by atomic mass is 16.3. The van der Waals surface area contributed by atoms with Crippen LogP contribution >= 0.6 is 0 Å². The van der Waals surface area contributed by atoms with Crippen LogP contribution in [0, 0.1) is 5.92 Å². The lowest BCUT2D eigenvalue weighted by Gasteiger charge is -2.06. The lowest BCUT2D eigenvalue weighted by Crippen LogP contribution is -2.01. The molecular weight excluding hydrogens is 212 g/mol. The molecule has 0 radical (unpaired) electrons. The quantitative estimate of drug-likeness (QED) is 0.873. The van der Waals surface area contributed by atoms with E-state index in [9.17, 15) is 5.11 Å². The van der Waals surface area contributed by atoms with Gasteiger partial charge in [0.05, 0.1) is 17.5 Å². The first-order valence-electron chi connectivity index (χ1n) is 6.12. The molecule has 1 fully saturated rings. The number of hydrogen-bond acceptors (Lipinski definition) is 2. The van der Waals surface area contributed by atoms with Gasteiger partial charge in [-0.1, -0.05) is 31.0 Å². The van der Waals surface area contributed by atoms with Crippen molar-refractivity contribution in [2.45, 2.75) is 25.4 Å². The number of para-hydroxylation sites is 1. The third-order valence-electron chi connectivity index (χ3n) is 3.23. The zero-order valence-electron chi connectivity index (χ0n) is 9.66. The molecule has 1 aromatic carbocycles. The van der Waals surface area contributed by atoms with Crippen LogP contribution in [0.25, 0.3) is 5.69 Å². The van der Waals surface area contributed by atoms with Gasteiger partial charge in [-0.2, -0.15) is 5.10 Å². The van der Waals surface area contributed by atoms with Gasteiger partial charge in [0.25, 0.3) is 0 Å². The molecule has 1 unspecified atom stereocenters. The summed E-state index contributed by atoms with van der Waals surface area (Å²) in [6, 6.07) is 11.9. The van der Waals surface area contributed by atoms with E-state index in [0.29, 0.717) is 5.92 Å². The fourth-order valence-corrected chi connectivity index (χ4v) is 2.03. The molecule has 1 atom stereocenters. The molecule has 3 nitrogen and oxygen atoms in total. The average Bonchev–Trinajstić information content (AvgIpc) is 3.04. The monoisotopic (exact) mass is 228 g/mol. The van der Waals surface area contributed by atoms with Crippen LogP contribution in [0.1, 0.15) is 31.1 Å². The maximum absolute atomic E-state index is 10.0. The SMILES string of the molecule is OC(CC1CC1)c1ccn(-c2ccccc2)n1. The first kappa shape index (κ1) is 10.5. The second-order valence-corrected chi connectivity index (χ2v) is 4.72. The number of rotatable bonds is 4. The van der Waals surface area contributed by atoms with Gasteiger partial charge in [-0.05, 0) is 30.5 Å². The Kier molecular flexibility index (Phi) is 2.69. The van der Waals surface area contributed by atoms with Gasteiger partial charge >= 0.3 is 0 Å². The second-order valence-electron chi connectivity index (χ2n) is 4.72. The predicted octanol–water partition coefficient (Wildman–Crippen LogP) is 2.71. The fourth-order valence-electron chi connectivity index (χ4n) is 2.03. The average molecular weight is 228 g/mol. The van der Waals surface area contributed by atoms with Gasteiger partial charge in [-0.15, -0.1) is 0 Å². The fraction of sp³-hybridized carbons (Fsp3) is 0.357. The van der Waals surface area contributed by atoms with E-state index in [2.05, 4.69) is 5.10 Å². The molecule has 1 saturated carbocycles. The summed E-state index contributed by atoms with van der Waals surface area (Å²) in [6.45, 7) is 0. The van der Waals surface area contributed by atoms with Crippen LogP contribution in [-0.4, -0.2) is 14.9 Å². The van der Waals surface area contributed by atoms with Crippen molar-refractivity contribution in [1.82, 2.24) is 9.78 Å². The minimum Gasteiger partial charge on any atom is -0.387 e. The van der Waals surface area contributed by atoms with Gasteiger partial charge < -0.3 is 5.11 Å². The van der Waals surface area contributed by atoms with Crippen molar-refractivity contribution in [3.63, 3.8) is 0 Å². The Bertz CT molecular complexity index is 488. The summed E-state index contributed by atoms with van der Waals surface area (Å²) in [4.78, 5) is 0. The minimum absolute atomic E-state index is 0.410. The Labute approximate surface area is 101 Å². The van der Waals surface area contributed by atoms with Crippen molar-refractivity contribution < 1.29 is 5.11 Å². The Morgan fingerprint density at radius 1 is 1.24 bits per heavy atom. The van der Waals surface area contributed by atoms with Crippen LogP contribution < -0.4 is 0 Å². The maximum Gasteiger partial charge on any atom is 0.0981 e. The largest absolute Gasteiger partial charge is 0.387 e. The van der Waals surface area contributed by atoms with Gasteiger partial charge in [0.15, 0.2) is 0 Å². The van der Waals surface area contributed by atoms with Crippen LogP contribution in [0.3, 0.4) is 0 Å². The summed E-state index contributed by atoms with van der Waals surface area (Å²) in [5, 5.41) is 14.4. The highest BCUT2D eigenvalue weighted by Crippen LogP contribution is 2.37. The number of aromatic nitrogens is 2. The van der Waals surface area contributed by atoms with Gasteiger partial charge in [0.1, 0.15) is 0 Å². The summed E-state index contributed by atoms with van der Waals surface area (Å²) in [5.74, 6) is 0.715. The van der Waals surface area contributed by atoms with Crippen molar-refractivity contribution in [2.24, 2.45) is 5.92 Å². The number of aliphatic hydroxyl groups excluding tert-OH is 1. The smallest absolute Gasteiger partial charge is 0.0981 e. The van der Waals surface area contributed by atoms with Gasteiger partial charge in [-0.3, -0.25) is 0 Å². The van der Waals surface area contributed by atoms with Crippen molar-refractivity contribution >= 4 is 0 Å². The van der Waals surface area contributed by atoms with Crippen molar-refractivity contribution in [3.8, 4) is 5.69 Å². The molecule has 1 N–H and O–H groups in total. The lowest BCUT2D eigenvalue weighted by molar-refractivity contribution is 0.155. The third kappa shape index (κ3) is 2.39. The summed E-state index contributed by atoms with van der Waals surface area (Å²) in [5.41, 5.74) is 1.80. The van der Waals surface area contributed by atoms with Crippen LogP contribution in [-0.2, 0) is 0 Å². The molecule has 1 heterocycles. The Morgan fingerprint density at radius 2 is 2.00 bits per heavy atom. The summed E-state index contributed by atoms with van der Waals surface area (Å²) in [6.07, 6.45) is 4.87. The summed E-state index contributed by atoms with van der Waals surface area (Å²) >= 11 is 0. The first-order valence-corrected chi connectivity index (χ1v) is 6.12. The molecule has 17 heavy (non-hydrogen) atoms. The molecule has 1 aliphatic rings. The molecule has 1 aliphatic carbocycles. The summed E-state index contributed by atoms with van der Waals surface area (Å²) in [7, 11) is 0. The maximum atomic E-state index is 10.0. The molecule has 0 saturated heterocycles. The Balaban J connectivity index is 1.77. The topological polar surface area (TPSA) is 38.0 Å². The van der Waals surface area contributed by atoms with Crippen molar-refractivity contribution in [1.29, 1.82) is 0 Å². The number of nitrogens with zero attached hydrogens (tertiary/aromatic N) is 2. The first-order chi connectivity index (χ1) is 8.33. The number of hydrogen-bond donors (Lipinski definition) is 1.